The maximum atomic E-state index is 13.2. The van der Waals surface area contributed by atoms with Crippen molar-refractivity contribution in [2.45, 2.75) is 0 Å². The monoisotopic (exact) mass is 192 g/mol. The van der Waals surface area contributed by atoms with Crippen molar-refractivity contribution in [1.82, 2.24) is 0 Å². The van der Waals surface area contributed by atoms with E-state index in [2.05, 4.69) is 0 Å². The summed E-state index contributed by atoms with van der Waals surface area (Å²) in [6, 6.07) is 7.63. The Hall–Kier alpha value is -1.77. The minimum Gasteiger partial charge on any atom is -0.508 e. The molecule has 0 aliphatic carbocycles. The molecule has 0 spiro atoms. The average Bonchev–Trinajstić information content (AvgIpc) is 2.18. The zero-order valence-corrected chi connectivity index (χ0v) is 7.62. The Morgan fingerprint density at radius 3 is 2.71 bits per heavy atom. The molecule has 0 aliphatic heterocycles. The van der Waals surface area contributed by atoms with Gasteiger partial charge in [0.2, 0.25) is 0 Å². The number of rotatable bonds is 1. The Balaban J connectivity index is 2.82. The fourth-order valence-electron chi connectivity index (χ4n) is 1.47. The molecular formula is C11H9FO2. The Bertz CT molecular complexity index is 480. The van der Waals surface area contributed by atoms with E-state index in [4.69, 9.17) is 4.74 Å². The van der Waals surface area contributed by atoms with E-state index >= 15 is 0 Å². The molecule has 2 aromatic rings. The lowest BCUT2D eigenvalue weighted by Gasteiger charge is -2.06. The van der Waals surface area contributed by atoms with Crippen LogP contribution in [0.4, 0.5) is 4.39 Å². The molecule has 14 heavy (non-hydrogen) atoms. The number of benzene rings is 2. The van der Waals surface area contributed by atoms with Crippen molar-refractivity contribution < 1.29 is 14.2 Å². The number of hydrogen-bond donors (Lipinski definition) is 1. The smallest absolute Gasteiger partial charge is 0.165 e. The molecular weight excluding hydrogens is 183 g/mol. The van der Waals surface area contributed by atoms with Crippen LogP contribution >= 0.6 is 0 Å². The van der Waals surface area contributed by atoms with Crippen molar-refractivity contribution in [2.24, 2.45) is 0 Å². The lowest BCUT2D eigenvalue weighted by Crippen LogP contribution is -1.89. The molecule has 1 N–H and O–H groups in total. The highest BCUT2D eigenvalue weighted by Gasteiger charge is 2.07. The van der Waals surface area contributed by atoms with E-state index in [1.165, 1.54) is 19.2 Å². The summed E-state index contributed by atoms with van der Waals surface area (Å²) in [5, 5.41) is 10.6. The highest BCUT2D eigenvalue weighted by molar-refractivity contribution is 5.89. The van der Waals surface area contributed by atoms with Crippen molar-refractivity contribution in [1.29, 1.82) is 0 Å². The first-order chi connectivity index (χ1) is 6.72. The number of phenolic OH excluding ortho intramolecular Hbond substituents is 1. The van der Waals surface area contributed by atoms with Gasteiger partial charge in [0.1, 0.15) is 5.75 Å². The maximum Gasteiger partial charge on any atom is 0.165 e. The summed E-state index contributed by atoms with van der Waals surface area (Å²) >= 11 is 0. The van der Waals surface area contributed by atoms with Gasteiger partial charge in [-0.15, -0.1) is 0 Å². The molecule has 3 heteroatoms. The van der Waals surface area contributed by atoms with Gasteiger partial charge in [0.15, 0.2) is 11.6 Å². The van der Waals surface area contributed by atoms with E-state index in [0.29, 0.717) is 5.39 Å². The summed E-state index contributed by atoms with van der Waals surface area (Å²) in [4.78, 5) is 0. The first kappa shape index (κ1) is 8.81. The first-order valence-electron chi connectivity index (χ1n) is 4.17. The number of aromatic hydroxyl groups is 1. The Labute approximate surface area is 80.6 Å². The van der Waals surface area contributed by atoms with Crippen molar-refractivity contribution >= 4 is 10.8 Å². The fraction of sp³-hybridized carbons (Fsp3) is 0.0909. The largest absolute Gasteiger partial charge is 0.508 e. The molecule has 0 radical (unpaired) electrons. The van der Waals surface area contributed by atoms with Crippen LogP contribution in [0.3, 0.4) is 0 Å². The van der Waals surface area contributed by atoms with Crippen molar-refractivity contribution in [3.8, 4) is 11.5 Å². The van der Waals surface area contributed by atoms with E-state index < -0.39 is 5.82 Å². The number of ether oxygens (including phenoxy) is 1. The average molecular weight is 192 g/mol. The van der Waals surface area contributed by atoms with Gasteiger partial charge in [0.05, 0.1) is 7.11 Å². The molecule has 0 saturated heterocycles. The van der Waals surface area contributed by atoms with Crippen LogP contribution in [0.1, 0.15) is 0 Å². The zero-order valence-electron chi connectivity index (χ0n) is 7.62. The van der Waals surface area contributed by atoms with Gasteiger partial charge in [-0.1, -0.05) is 6.07 Å². The number of methoxy groups -OCH3 is 1. The third kappa shape index (κ3) is 1.27. The lowest BCUT2D eigenvalue weighted by atomic mass is 10.1. The molecule has 0 fully saturated rings. The summed E-state index contributed by atoms with van der Waals surface area (Å²) in [5.74, 6) is -0.0284. The number of hydrogen-bond acceptors (Lipinski definition) is 2. The van der Waals surface area contributed by atoms with Crippen LogP contribution < -0.4 is 4.74 Å². The molecule has 0 aliphatic rings. The second kappa shape index (κ2) is 3.18. The predicted octanol–water partition coefficient (Wildman–Crippen LogP) is 2.69. The van der Waals surface area contributed by atoms with E-state index in [1.807, 2.05) is 0 Å². The van der Waals surface area contributed by atoms with E-state index in [-0.39, 0.29) is 11.5 Å². The number of phenols is 1. The summed E-state index contributed by atoms with van der Waals surface area (Å²) in [7, 11) is 1.42. The Morgan fingerprint density at radius 1 is 1.21 bits per heavy atom. The van der Waals surface area contributed by atoms with E-state index in [9.17, 15) is 9.50 Å². The highest BCUT2D eigenvalue weighted by atomic mass is 19.1. The van der Waals surface area contributed by atoms with Gasteiger partial charge in [-0.3, -0.25) is 0 Å². The molecule has 0 atom stereocenters. The van der Waals surface area contributed by atoms with Crippen LogP contribution in [0.25, 0.3) is 10.8 Å². The summed E-state index contributed by atoms with van der Waals surface area (Å²) in [6.07, 6.45) is 0. The Morgan fingerprint density at radius 2 is 2.00 bits per heavy atom. The van der Waals surface area contributed by atoms with Crippen LogP contribution in [0.2, 0.25) is 0 Å². The molecule has 2 nitrogen and oxygen atoms in total. The fourth-order valence-corrected chi connectivity index (χ4v) is 1.47. The second-order valence-corrected chi connectivity index (χ2v) is 2.99. The first-order valence-corrected chi connectivity index (χ1v) is 4.17. The molecule has 72 valence electrons. The SMILES string of the molecule is COc1c(F)ccc2cc(O)ccc12. The van der Waals surface area contributed by atoms with Crippen LogP contribution in [-0.2, 0) is 0 Å². The van der Waals surface area contributed by atoms with Gasteiger partial charge < -0.3 is 9.84 Å². The summed E-state index contributed by atoms with van der Waals surface area (Å²) in [6.45, 7) is 0. The third-order valence-corrected chi connectivity index (χ3v) is 2.11. The molecule has 0 saturated carbocycles. The van der Waals surface area contributed by atoms with Crippen LogP contribution in [0, 0.1) is 5.82 Å². The third-order valence-electron chi connectivity index (χ3n) is 2.11. The molecule has 0 heterocycles. The maximum absolute atomic E-state index is 13.2. The van der Waals surface area contributed by atoms with Crippen molar-refractivity contribution in [2.75, 3.05) is 7.11 Å². The van der Waals surface area contributed by atoms with Gasteiger partial charge in [-0.2, -0.15) is 0 Å². The van der Waals surface area contributed by atoms with E-state index in [1.54, 1.807) is 18.2 Å². The van der Waals surface area contributed by atoms with Crippen molar-refractivity contribution in [3.63, 3.8) is 0 Å². The van der Waals surface area contributed by atoms with Gasteiger partial charge in [-0.05, 0) is 29.7 Å². The molecule has 2 rings (SSSR count). The van der Waals surface area contributed by atoms with Crippen LogP contribution in [-0.4, -0.2) is 12.2 Å². The number of halogens is 1. The molecule has 2 aromatic carbocycles. The summed E-state index contributed by atoms with van der Waals surface area (Å²) < 4.78 is 18.2. The van der Waals surface area contributed by atoms with Gasteiger partial charge in [-0.25, -0.2) is 4.39 Å². The van der Waals surface area contributed by atoms with E-state index in [0.717, 1.165) is 5.39 Å². The molecule has 0 amide bonds. The Kier molecular flexibility index (Phi) is 2.00. The van der Waals surface area contributed by atoms with Gasteiger partial charge in [0.25, 0.3) is 0 Å². The second-order valence-electron chi connectivity index (χ2n) is 2.99. The topological polar surface area (TPSA) is 29.5 Å². The summed E-state index contributed by atoms with van der Waals surface area (Å²) in [5.41, 5.74) is 0. The van der Waals surface area contributed by atoms with Crippen LogP contribution in [0.5, 0.6) is 11.5 Å². The predicted molar refractivity (Wildman–Crippen MR) is 52.1 cm³/mol. The van der Waals surface area contributed by atoms with Gasteiger partial charge >= 0.3 is 0 Å². The minimum atomic E-state index is -0.398. The number of fused-ring (bicyclic) bond motifs is 1. The standard InChI is InChI=1S/C11H9FO2/c1-14-11-9-4-3-8(13)6-7(9)2-5-10(11)12/h2-6,13H,1H3. The molecule has 0 bridgehead atoms. The zero-order chi connectivity index (χ0) is 10.1. The van der Waals surface area contributed by atoms with Crippen LogP contribution in [0.15, 0.2) is 30.3 Å². The minimum absolute atomic E-state index is 0.158. The van der Waals surface area contributed by atoms with Crippen molar-refractivity contribution in [3.05, 3.63) is 36.1 Å². The molecule has 0 unspecified atom stereocenters. The van der Waals surface area contributed by atoms with Gasteiger partial charge in [0, 0.05) is 5.39 Å². The quantitative estimate of drug-likeness (QED) is 0.752. The lowest BCUT2D eigenvalue weighted by molar-refractivity contribution is 0.392. The molecule has 0 aromatic heterocycles. The normalized spacial score (nSPS) is 10.4. The highest BCUT2D eigenvalue weighted by Crippen LogP contribution is 2.30.